The maximum Gasteiger partial charge on any atom is 0.281 e. The van der Waals surface area contributed by atoms with E-state index in [-0.39, 0.29) is 0 Å². The molecule has 2 aliphatic rings. The Morgan fingerprint density at radius 2 is 1.53 bits per heavy atom. The largest absolute Gasteiger partial charge is 0.379 e. The summed E-state index contributed by atoms with van der Waals surface area (Å²) in [7, 11) is -4.05. The average molecular weight is 294 g/mol. The molecule has 0 aromatic heterocycles. The number of morpholine rings is 2. The van der Waals surface area contributed by atoms with Crippen molar-refractivity contribution in [1.29, 1.82) is 0 Å². The Balaban J connectivity index is 1.89. The van der Waals surface area contributed by atoms with Gasteiger partial charge in [-0.2, -0.15) is 8.42 Å². The van der Waals surface area contributed by atoms with Crippen molar-refractivity contribution in [2.45, 2.75) is 11.8 Å². The van der Waals surface area contributed by atoms with Gasteiger partial charge in [-0.1, -0.05) is 0 Å². The van der Waals surface area contributed by atoms with Crippen molar-refractivity contribution in [3.8, 4) is 0 Å². The van der Waals surface area contributed by atoms with Crippen LogP contribution >= 0.6 is 0 Å². The van der Waals surface area contributed by atoms with E-state index in [0.717, 1.165) is 13.1 Å². The van der Waals surface area contributed by atoms with Gasteiger partial charge < -0.3 is 9.47 Å². The molecule has 2 saturated heterocycles. The minimum Gasteiger partial charge on any atom is -0.379 e. The maximum absolute atomic E-state index is 11.5. The van der Waals surface area contributed by atoms with E-state index in [1.165, 1.54) is 0 Å². The van der Waals surface area contributed by atoms with Crippen LogP contribution in [0.15, 0.2) is 0 Å². The van der Waals surface area contributed by atoms with Crippen LogP contribution in [0.1, 0.15) is 6.42 Å². The van der Waals surface area contributed by atoms with Crippen molar-refractivity contribution < 1.29 is 22.4 Å². The molecular weight excluding hydrogens is 272 g/mol. The zero-order valence-corrected chi connectivity index (χ0v) is 11.8. The first-order chi connectivity index (χ1) is 9.07. The molecule has 19 heavy (non-hydrogen) atoms. The summed E-state index contributed by atoms with van der Waals surface area (Å²) in [6.45, 7) is 5.81. The van der Waals surface area contributed by atoms with Crippen molar-refractivity contribution in [3.05, 3.63) is 0 Å². The lowest BCUT2D eigenvalue weighted by Crippen LogP contribution is -2.49. The summed E-state index contributed by atoms with van der Waals surface area (Å²) >= 11 is 0. The molecule has 2 fully saturated rings. The highest BCUT2D eigenvalue weighted by molar-refractivity contribution is 7.86. The maximum atomic E-state index is 11.5. The Labute approximate surface area is 114 Å². The second-order valence-corrected chi connectivity index (χ2v) is 6.43. The lowest BCUT2D eigenvalue weighted by molar-refractivity contribution is 0.0179. The summed E-state index contributed by atoms with van der Waals surface area (Å²) in [6.07, 6.45) is 0.416. The van der Waals surface area contributed by atoms with Crippen LogP contribution in [0.2, 0.25) is 0 Å². The molecule has 2 aliphatic heterocycles. The van der Waals surface area contributed by atoms with E-state index in [2.05, 4.69) is 4.90 Å². The van der Waals surface area contributed by atoms with Gasteiger partial charge in [0.05, 0.1) is 26.4 Å². The van der Waals surface area contributed by atoms with Gasteiger partial charge >= 0.3 is 0 Å². The smallest absolute Gasteiger partial charge is 0.281 e. The van der Waals surface area contributed by atoms with Gasteiger partial charge in [0.1, 0.15) is 5.37 Å². The van der Waals surface area contributed by atoms with Gasteiger partial charge in [-0.15, -0.1) is 0 Å². The third kappa shape index (κ3) is 4.66. The van der Waals surface area contributed by atoms with Crippen molar-refractivity contribution >= 4 is 10.1 Å². The Morgan fingerprint density at radius 1 is 1.00 bits per heavy atom. The molecule has 0 bridgehead atoms. The van der Waals surface area contributed by atoms with Gasteiger partial charge in [0.15, 0.2) is 0 Å². The van der Waals surface area contributed by atoms with E-state index in [1.54, 1.807) is 4.90 Å². The summed E-state index contributed by atoms with van der Waals surface area (Å²) in [5.41, 5.74) is 0. The molecule has 1 N–H and O–H groups in total. The number of hydrogen-bond acceptors (Lipinski definition) is 6. The molecule has 0 radical (unpaired) electrons. The first-order valence-corrected chi connectivity index (χ1v) is 8.16. The molecule has 0 amide bonds. The Morgan fingerprint density at radius 3 is 2.05 bits per heavy atom. The third-order valence-corrected chi connectivity index (χ3v) is 4.81. The summed E-state index contributed by atoms with van der Waals surface area (Å²) in [5.74, 6) is 0. The Hall–Kier alpha value is -0.250. The van der Waals surface area contributed by atoms with E-state index in [0.29, 0.717) is 52.5 Å². The molecule has 7 nitrogen and oxygen atoms in total. The molecule has 0 saturated carbocycles. The second-order valence-electron chi connectivity index (χ2n) is 4.86. The lowest BCUT2D eigenvalue weighted by Gasteiger charge is -2.34. The van der Waals surface area contributed by atoms with Crippen LogP contribution in [0.25, 0.3) is 0 Å². The summed E-state index contributed by atoms with van der Waals surface area (Å²) in [5, 5.41) is -0.820. The molecule has 1 atom stereocenters. The fourth-order valence-corrected chi connectivity index (χ4v) is 3.49. The molecule has 0 spiro atoms. The third-order valence-electron chi connectivity index (χ3n) is 3.59. The highest BCUT2D eigenvalue weighted by Crippen LogP contribution is 2.14. The van der Waals surface area contributed by atoms with Crippen LogP contribution in [0.5, 0.6) is 0 Å². The summed E-state index contributed by atoms with van der Waals surface area (Å²) in [4.78, 5) is 3.96. The number of nitrogens with zero attached hydrogens (tertiary/aromatic N) is 2. The molecule has 0 aliphatic carbocycles. The van der Waals surface area contributed by atoms with Gasteiger partial charge in [-0.25, -0.2) is 0 Å². The van der Waals surface area contributed by atoms with E-state index < -0.39 is 15.5 Å². The highest BCUT2D eigenvalue weighted by Gasteiger charge is 2.31. The normalized spacial score (nSPS) is 25.3. The van der Waals surface area contributed by atoms with Gasteiger partial charge in [-0.05, 0) is 6.42 Å². The minimum absolute atomic E-state index is 0.416. The van der Waals surface area contributed by atoms with Crippen molar-refractivity contribution in [3.63, 3.8) is 0 Å². The van der Waals surface area contributed by atoms with Crippen LogP contribution in [0.3, 0.4) is 0 Å². The molecule has 2 rings (SSSR count). The highest BCUT2D eigenvalue weighted by atomic mass is 32.2. The molecule has 0 aromatic carbocycles. The summed E-state index contributed by atoms with van der Waals surface area (Å²) in [6, 6.07) is 0. The Kier molecular flexibility index (Phi) is 5.55. The van der Waals surface area contributed by atoms with E-state index in [9.17, 15) is 13.0 Å². The quantitative estimate of drug-likeness (QED) is 0.669. The second kappa shape index (κ2) is 6.96. The van der Waals surface area contributed by atoms with Crippen LogP contribution in [0, 0.1) is 0 Å². The van der Waals surface area contributed by atoms with E-state index >= 15 is 0 Å². The van der Waals surface area contributed by atoms with Gasteiger partial charge in [0, 0.05) is 32.7 Å². The molecular formula is C11H22N2O5S. The van der Waals surface area contributed by atoms with E-state index in [1.807, 2.05) is 0 Å². The minimum atomic E-state index is -4.05. The standard InChI is InChI=1S/C11H22N2O5S/c14-19(15,16)11(13-5-9-18-10-6-13)1-2-12-3-7-17-8-4-12/h11H,1-10H2,(H,14,15,16). The SMILES string of the molecule is O=S(=O)(O)C(CCN1CCOCC1)N1CCOCC1. The monoisotopic (exact) mass is 294 g/mol. The average Bonchev–Trinajstić information content (AvgIpc) is 2.40. The van der Waals surface area contributed by atoms with Crippen LogP contribution in [-0.4, -0.2) is 87.3 Å². The zero-order valence-electron chi connectivity index (χ0n) is 11.0. The molecule has 2 heterocycles. The van der Waals surface area contributed by atoms with Crippen molar-refractivity contribution in [2.75, 3.05) is 59.2 Å². The number of ether oxygens (including phenoxy) is 2. The number of hydrogen-bond donors (Lipinski definition) is 1. The van der Waals surface area contributed by atoms with Crippen LogP contribution in [-0.2, 0) is 19.6 Å². The predicted molar refractivity (Wildman–Crippen MR) is 69.6 cm³/mol. The van der Waals surface area contributed by atoms with Crippen molar-refractivity contribution in [1.82, 2.24) is 9.80 Å². The zero-order chi connectivity index (χ0) is 13.7. The Bertz CT molecular complexity index is 363. The van der Waals surface area contributed by atoms with Crippen LogP contribution < -0.4 is 0 Å². The van der Waals surface area contributed by atoms with Gasteiger partial charge in [0.25, 0.3) is 10.1 Å². The van der Waals surface area contributed by atoms with Gasteiger partial charge in [0.2, 0.25) is 0 Å². The first-order valence-electron chi connectivity index (χ1n) is 6.65. The van der Waals surface area contributed by atoms with E-state index in [4.69, 9.17) is 9.47 Å². The molecule has 1 unspecified atom stereocenters. The fourth-order valence-electron chi connectivity index (χ4n) is 2.50. The van der Waals surface area contributed by atoms with Gasteiger partial charge in [-0.3, -0.25) is 14.4 Å². The summed E-state index contributed by atoms with van der Waals surface area (Å²) < 4.78 is 42.9. The molecule has 112 valence electrons. The molecule has 0 aromatic rings. The number of rotatable bonds is 5. The fraction of sp³-hybridized carbons (Fsp3) is 1.00. The molecule has 8 heteroatoms. The predicted octanol–water partition coefficient (Wildman–Crippen LogP) is -0.745. The topological polar surface area (TPSA) is 79.3 Å². The van der Waals surface area contributed by atoms with Crippen LogP contribution in [0.4, 0.5) is 0 Å². The first kappa shape index (κ1) is 15.1. The lowest BCUT2D eigenvalue weighted by atomic mass is 10.3. The van der Waals surface area contributed by atoms with Crippen molar-refractivity contribution in [2.24, 2.45) is 0 Å².